The first-order chi connectivity index (χ1) is 21.2. The molecule has 0 unspecified atom stereocenters. The van der Waals surface area contributed by atoms with Gasteiger partial charge in [-0.25, -0.2) is 14.4 Å². The summed E-state index contributed by atoms with van der Waals surface area (Å²) in [6.07, 6.45) is 6.79. The molecule has 0 bridgehead atoms. The summed E-state index contributed by atoms with van der Waals surface area (Å²) in [5, 5.41) is 13.8. The smallest absolute Gasteiger partial charge is 0.283 e. The lowest BCUT2D eigenvalue weighted by molar-refractivity contribution is -0.114. The van der Waals surface area contributed by atoms with Gasteiger partial charge in [-0.3, -0.25) is 14.2 Å². The molecule has 1 fully saturated rings. The van der Waals surface area contributed by atoms with E-state index >= 15 is 0 Å². The number of imidazole rings is 1. The molecule has 1 amide bonds. The van der Waals surface area contributed by atoms with Gasteiger partial charge in [0, 0.05) is 73.4 Å². The predicted octanol–water partition coefficient (Wildman–Crippen LogP) is 5.12. The SMILES string of the molecule is C=C(F)C(=O)Nc1cn(N2CCN(C)CC2)nc1Nc1cc2c(cn1)cc(-c1c(Cl)c(OC)cc(OC)c1Cl)c1nccn12. The van der Waals surface area contributed by atoms with Gasteiger partial charge in [0.1, 0.15) is 28.7 Å². The average molecular weight is 641 g/mol. The van der Waals surface area contributed by atoms with Crippen molar-refractivity contribution in [2.75, 3.05) is 63.1 Å². The van der Waals surface area contributed by atoms with Gasteiger partial charge in [-0.15, -0.1) is 5.10 Å². The maximum atomic E-state index is 13.6. The third-order valence-electron chi connectivity index (χ3n) is 7.41. The molecular formula is C29H28Cl2FN9O3. The van der Waals surface area contributed by atoms with Crippen LogP contribution in [0.3, 0.4) is 0 Å². The molecule has 1 aliphatic rings. The number of hydrogen-bond acceptors (Lipinski definition) is 9. The van der Waals surface area contributed by atoms with Crippen molar-refractivity contribution in [1.82, 2.24) is 29.2 Å². The molecule has 1 aromatic carbocycles. The van der Waals surface area contributed by atoms with E-state index in [0.29, 0.717) is 44.1 Å². The second kappa shape index (κ2) is 11.8. The molecule has 228 valence electrons. The minimum absolute atomic E-state index is 0.272. The fourth-order valence-electron chi connectivity index (χ4n) is 5.07. The molecule has 2 N–H and O–H groups in total. The molecule has 5 heterocycles. The molecule has 0 spiro atoms. The lowest BCUT2D eigenvalue weighted by Crippen LogP contribution is -2.50. The third-order valence-corrected chi connectivity index (χ3v) is 8.16. The van der Waals surface area contributed by atoms with Gasteiger partial charge in [0.05, 0.1) is 36.0 Å². The summed E-state index contributed by atoms with van der Waals surface area (Å²) >= 11 is 13.5. The van der Waals surface area contributed by atoms with Crippen molar-refractivity contribution in [3.05, 3.63) is 65.4 Å². The highest BCUT2D eigenvalue weighted by Gasteiger charge is 2.23. The third kappa shape index (κ3) is 5.34. The molecular weight excluding hydrogens is 612 g/mol. The van der Waals surface area contributed by atoms with E-state index in [9.17, 15) is 9.18 Å². The zero-order valence-electron chi connectivity index (χ0n) is 24.1. The Hall–Kier alpha value is -4.59. The van der Waals surface area contributed by atoms with E-state index in [1.165, 1.54) is 14.2 Å². The van der Waals surface area contributed by atoms with E-state index in [-0.39, 0.29) is 11.5 Å². The van der Waals surface area contributed by atoms with Gasteiger partial charge in [-0.05, 0) is 13.1 Å². The number of pyridine rings is 2. The number of hydrogen-bond donors (Lipinski definition) is 2. The van der Waals surface area contributed by atoms with Crippen LogP contribution in [0.4, 0.5) is 21.7 Å². The van der Waals surface area contributed by atoms with Crippen LogP contribution in [0.15, 0.2) is 55.4 Å². The summed E-state index contributed by atoms with van der Waals surface area (Å²) in [6.45, 7) is 6.24. The highest BCUT2D eigenvalue weighted by molar-refractivity contribution is 6.41. The largest absolute Gasteiger partial charge is 0.495 e. The Balaban J connectivity index is 1.41. The summed E-state index contributed by atoms with van der Waals surface area (Å²) in [5.74, 6) is -0.555. The van der Waals surface area contributed by atoms with Gasteiger partial charge in [-0.2, -0.15) is 4.79 Å². The number of halogens is 3. The molecule has 15 heteroatoms. The second-order valence-corrected chi connectivity index (χ2v) is 10.9. The number of carbonyl (C=O) groups is 1. The van der Waals surface area contributed by atoms with E-state index in [2.05, 4.69) is 37.2 Å². The first-order valence-corrected chi connectivity index (χ1v) is 14.3. The van der Waals surface area contributed by atoms with Crippen LogP contribution in [0.25, 0.3) is 27.7 Å². The van der Waals surface area contributed by atoms with Crippen molar-refractivity contribution in [1.29, 1.82) is 0 Å². The number of amides is 1. The zero-order valence-corrected chi connectivity index (χ0v) is 25.6. The second-order valence-electron chi connectivity index (χ2n) is 10.1. The molecule has 4 aromatic heterocycles. The van der Waals surface area contributed by atoms with Gasteiger partial charge in [-0.1, -0.05) is 29.8 Å². The molecule has 0 atom stereocenters. The summed E-state index contributed by atoms with van der Waals surface area (Å²) in [7, 11) is 5.08. The van der Waals surface area contributed by atoms with Crippen LogP contribution in [0.2, 0.25) is 10.0 Å². The number of nitrogens with zero attached hydrogens (tertiary/aromatic N) is 7. The molecule has 12 nitrogen and oxygen atoms in total. The Morgan fingerprint density at radius 1 is 1.05 bits per heavy atom. The molecule has 44 heavy (non-hydrogen) atoms. The normalized spacial score (nSPS) is 13.8. The number of benzene rings is 1. The Morgan fingerprint density at radius 2 is 1.75 bits per heavy atom. The molecule has 5 aromatic rings. The van der Waals surface area contributed by atoms with Gasteiger partial charge in [0.2, 0.25) is 0 Å². The Labute approximate surface area is 261 Å². The fourth-order valence-corrected chi connectivity index (χ4v) is 5.77. The van der Waals surface area contributed by atoms with Crippen LogP contribution in [0.1, 0.15) is 0 Å². The quantitative estimate of drug-likeness (QED) is 0.223. The fraction of sp³-hybridized carbons (Fsp3) is 0.241. The molecule has 1 saturated heterocycles. The first-order valence-electron chi connectivity index (χ1n) is 13.5. The topological polar surface area (TPSA) is 114 Å². The van der Waals surface area contributed by atoms with Crippen molar-refractivity contribution < 1.29 is 18.7 Å². The van der Waals surface area contributed by atoms with Gasteiger partial charge < -0.3 is 25.0 Å². The minimum Gasteiger partial charge on any atom is -0.495 e. The maximum absolute atomic E-state index is 13.6. The number of methoxy groups -OCH3 is 2. The van der Waals surface area contributed by atoms with Crippen molar-refractivity contribution in [2.24, 2.45) is 0 Å². The first kappa shape index (κ1) is 29.5. The Kier molecular flexibility index (Phi) is 7.93. The maximum Gasteiger partial charge on any atom is 0.283 e. The number of piperazine rings is 1. The molecule has 6 rings (SSSR count). The Morgan fingerprint density at radius 3 is 2.41 bits per heavy atom. The van der Waals surface area contributed by atoms with Crippen LogP contribution in [-0.4, -0.2) is 82.5 Å². The van der Waals surface area contributed by atoms with Crippen molar-refractivity contribution in [3.8, 4) is 22.6 Å². The lowest BCUT2D eigenvalue weighted by atomic mass is 10.0. The highest BCUT2D eigenvalue weighted by atomic mass is 35.5. The lowest BCUT2D eigenvalue weighted by Gasteiger charge is -2.33. The van der Waals surface area contributed by atoms with E-state index in [4.69, 9.17) is 32.7 Å². The monoisotopic (exact) mass is 639 g/mol. The van der Waals surface area contributed by atoms with Crippen LogP contribution in [-0.2, 0) is 4.79 Å². The van der Waals surface area contributed by atoms with Crippen molar-refractivity contribution in [3.63, 3.8) is 0 Å². The number of fused-ring (bicyclic) bond motifs is 3. The zero-order chi connectivity index (χ0) is 31.1. The number of ether oxygens (including phenoxy) is 2. The van der Waals surface area contributed by atoms with E-state index in [1.54, 1.807) is 29.4 Å². The van der Waals surface area contributed by atoms with Crippen LogP contribution < -0.4 is 25.1 Å². The molecule has 1 aliphatic heterocycles. The van der Waals surface area contributed by atoms with Crippen LogP contribution in [0, 0.1) is 0 Å². The summed E-state index contributed by atoms with van der Waals surface area (Å²) in [4.78, 5) is 25.2. The number of nitrogens with one attached hydrogen (secondary N) is 2. The van der Waals surface area contributed by atoms with E-state index in [0.717, 1.165) is 37.1 Å². The van der Waals surface area contributed by atoms with Gasteiger partial charge in [0.15, 0.2) is 11.6 Å². The predicted molar refractivity (Wildman–Crippen MR) is 169 cm³/mol. The molecule has 0 aliphatic carbocycles. The standard InChI is InChI=1S/C29H28Cl2FN9O3/c1-16(32)29(42)35-19-15-41(39-9-7-38(2)8-10-39)37-27(19)36-23-12-20-17(14-34-23)11-18(28-33-5-6-40(20)28)24-25(30)21(43-3)13-22(44-4)26(24)31/h5-6,11-15H,1,7-10H2,2-4H3,(H,35,42)(H,34,36,37). The highest BCUT2D eigenvalue weighted by Crippen LogP contribution is 2.47. The van der Waals surface area contributed by atoms with Gasteiger partial charge >= 0.3 is 0 Å². The van der Waals surface area contributed by atoms with Crippen LogP contribution in [0.5, 0.6) is 11.5 Å². The average Bonchev–Trinajstić information content (AvgIpc) is 3.66. The van der Waals surface area contributed by atoms with Gasteiger partial charge in [0.25, 0.3) is 5.91 Å². The minimum atomic E-state index is -1.11. The van der Waals surface area contributed by atoms with E-state index < -0.39 is 11.7 Å². The van der Waals surface area contributed by atoms with Crippen molar-refractivity contribution >= 4 is 63.0 Å². The number of anilines is 3. The summed E-state index contributed by atoms with van der Waals surface area (Å²) < 4.78 is 26.4. The van der Waals surface area contributed by atoms with Crippen LogP contribution >= 0.6 is 23.2 Å². The number of likely N-dealkylation sites (N-methyl/N-ethyl adjacent to an activating group) is 1. The molecule has 0 saturated carbocycles. The van der Waals surface area contributed by atoms with E-state index in [1.807, 2.05) is 34.8 Å². The number of carbonyl (C=O) groups excluding carboxylic acids is 1. The Bertz CT molecular complexity index is 1890. The number of aromatic nitrogens is 5. The summed E-state index contributed by atoms with van der Waals surface area (Å²) in [6, 6.07) is 5.33. The molecule has 0 radical (unpaired) electrons. The summed E-state index contributed by atoms with van der Waals surface area (Å²) in [5.41, 5.74) is 2.78. The number of rotatable bonds is 8. The van der Waals surface area contributed by atoms with Crippen molar-refractivity contribution in [2.45, 2.75) is 0 Å².